The number of benzene rings is 1. The van der Waals surface area contributed by atoms with E-state index in [1.807, 2.05) is 26.0 Å². The maximum absolute atomic E-state index is 13.7. The molecule has 1 unspecified atom stereocenters. The van der Waals surface area contributed by atoms with Crippen LogP contribution in [0.25, 0.3) is 5.78 Å². The van der Waals surface area contributed by atoms with Gasteiger partial charge in [-0.25, -0.2) is 9.37 Å². The van der Waals surface area contributed by atoms with Crippen molar-refractivity contribution in [2.45, 2.75) is 26.8 Å². The molecule has 1 N–H and O–H groups in total. The van der Waals surface area contributed by atoms with E-state index < -0.39 is 0 Å². The van der Waals surface area contributed by atoms with Crippen LogP contribution in [0.3, 0.4) is 0 Å². The van der Waals surface area contributed by atoms with Crippen molar-refractivity contribution in [2.75, 3.05) is 5.32 Å². The molecule has 5 nitrogen and oxygen atoms in total. The summed E-state index contributed by atoms with van der Waals surface area (Å²) in [4.78, 5) is 8.38. The van der Waals surface area contributed by atoms with E-state index in [0.29, 0.717) is 11.3 Å². The van der Waals surface area contributed by atoms with E-state index in [9.17, 15) is 4.39 Å². The van der Waals surface area contributed by atoms with Gasteiger partial charge in [0.25, 0.3) is 5.78 Å². The molecule has 0 radical (unpaired) electrons. The Morgan fingerprint density at radius 1 is 1.24 bits per heavy atom. The summed E-state index contributed by atoms with van der Waals surface area (Å²) in [5.74, 6) is 1.13. The predicted molar refractivity (Wildman–Crippen MR) is 78.7 cm³/mol. The van der Waals surface area contributed by atoms with Gasteiger partial charge in [0.1, 0.15) is 18.0 Å². The summed E-state index contributed by atoms with van der Waals surface area (Å²) in [6.07, 6.45) is 1.46. The number of hydrogen-bond donors (Lipinski definition) is 1. The number of aryl methyl sites for hydroxylation is 2. The van der Waals surface area contributed by atoms with Crippen LogP contribution in [0, 0.1) is 19.7 Å². The fraction of sp³-hybridized carbons (Fsp3) is 0.267. The third-order valence-corrected chi connectivity index (χ3v) is 3.44. The number of nitrogens with one attached hydrogen (secondary N) is 1. The van der Waals surface area contributed by atoms with Gasteiger partial charge in [0.05, 0.1) is 6.04 Å². The van der Waals surface area contributed by atoms with Gasteiger partial charge in [-0.05, 0) is 38.0 Å². The fourth-order valence-corrected chi connectivity index (χ4v) is 2.22. The van der Waals surface area contributed by atoms with Crippen molar-refractivity contribution in [1.82, 2.24) is 19.6 Å². The van der Waals surface area contributed by atoms with Gasteiger partial charge < -0.3 is 5.32 Å². The minimum atomic E-state index is -0.196. The molecule has 0 fully saturated rings. The van der Waals surface area contributed by atoms with Crippen LogP contribution in [0.5, 0.6) is 0 Å². The van der Waals surface area contributed by atoms with Crippen LogP contribution >= 0.6 is 0 Å². The van der Waals surface area contributed by atoms with Crippen molar-refractivity contribution >= 4 is 11.6 Å². The monoisotopic (exact) mass is 285 g/mol. The first-order valence-corrected chi connectivity index (χ1v) is 6.74. The lowest BCUT2D eigenvalue weighted by Gasteiger charge is -2.17. The molecule has 0 bridgehead atoms. The second-order valence-corrected chi connectivity index (χ2v) is 5.13. The minimum Gasteiger partial charge on any atom is -0.363 e. The molecular formula is C15H16FN5. The average molecular weight is 285 g/mol. The number of anilines is 1. The van der Waals surface area contributed by atoms with E-state index >= 15 is 0 Å². The normalized spacial score (nSPS) is 12.6. The molecule has 2 aromatic heterocycles. The van der Waals surface area contributed by atoms with Crippen molar-refractivity contribution < 1.29 is 4.39 Å². The molecule has 1 aromatic carbocycles. The van der Waals surface area contributed by atoms with Gasteiger partial charge in [-0.15, -0.1) is 0 Å². The highest BCUT2D eigenvalue weighted by atomic mass is 19.1. The molecule has 0 saturated heterocycles. The molecule has 0 aliphatic carbocycles. The highest BCUT2D eigenvalue weighted by Gasteiger charge is 2.11. The van der Waals surface area contributed by atoms with Gasteiger partial charge in [0.2, 0.25) is 0 Å². The predicted octanol–water partition coefficient (Wildman–Crippen LogP) is 3.05. The molecule has 0 amide bonds. The summed E-state index contributed by atoms with van der Waals surface area (Å²) in [7, 11) is 0. The first-order valence-electron chi connectivity index (χ1n) is 6.74. The molecule has 2 heterocycles. The Kier molecular flexibility index (Phi) is 3.29. The zero-order valence-corrected chi connectivity index (χ0v) is 12.1. The summed E-state index contributed by atoms with van der Waals surface area (Å²) in [6, 6.07) is 7.09. The molecule has 3 rings (SSSR count). The molecular weight excluding hydrogens is 269 g/mol. The van der Waals surface area contributed by atoms with E-state index in [4.69, 9.17) is 0 Å². The summed E-state index contributed by atoms with van der Waals surface area (Å²) >= 11 is 0. The summed E-state index contributed by atoms with van der Waals surface area (Å²) in [5.41, 5.74) is 2.37. The van der Waals surface area contributed by atoms with Crippen molar-refractivity contribution in [1.29, 1.82) is 0 Å². The Morgan fingerprint density at radius 3 is 2.81 bits per heavy atom. The van der Waals surface area contributed by atoms with E-state index in [2.05, 4.69) is 20.4 Å². The first-order chi connectivity index (χ1) is 10.0. The van der Waals surface area contributed by atoms with Gasteiger partial charge in [0, 0.05) is 11.8 Å². The van der Waals surface area contributed by atoms with Crippen LogP contribution in [0.1, 0.15) is 29.8 Å². The van der Waals surface area contributed by atoms with Crippen LogP contribution in [-0.2, 0) is 0 Å². The number of fused-ring (bicyclic) bond motifs is 1. The Bertz CT molecular complexity index is 796. The lowest BCUT2D eigenvalue weighted by Crippen LogP contribution is -2.11. The van der Waals surface area contributed by atoms with Crippen LogP contribution in [0.2, 0.25) is 0 Å². The SMILES string of the molecule is Cc1cc(NC(C)c2ccc(C)c(F)c2)n2ncnc2n1. The van der Waals surface area contributed by atoms with Gasteiger partial charge in [0.15, 0.2) is 0 Å². The third kappa shape index (κ3) is 2.56. The van der Waals surface area contributed by atoms with Crippen molar-refractivity contribution in [3.05, 3.63) is 53.2 Å². The lowest BCUT2D eigenvalue weighted by molar-refractivity contribution is 0.614. The smallest absolute Gasteiger partial charge is 0.254 e. The zero-order chi connectivity index (χ0) is 15.0. The van der Waals surface area contributed by atoms with Gasteiger partial charge >= 0.3 is 0 Å². The molecule has 0 aliphatic heterocycles. The quantitative estimate of drug-likeness (QED) is 0.803. The molecule has 108 valence electrons. The highest BCUT2D eigenvalue weighted by Crippen LogP contribution is 2.21. The standard InChI is InChI=1S/C15H16FN5/c1-9-4-5-12(7-13(9)16)11(3)20-14-6-10(2)19-15-17-8-18-21(14)15/h4-8,11,20H,1-3H3. The Morgan fingerprint density at radius 2 is 2.05 bits per heavy atom. The first kappa shape index (κ1) is 13.5. The zero-order valence-electron chi connectivity index (χ0n) is 12.1. The topological polar surface area (TPSA) is 55.1 Å². The molecule has 0 aliphatic rings. The Hall–Kier alpha value is -2.50. The van der Waals surface area contributed by atoms with Gasteiger partial charge in [-0.3, -0.25) is 0 Å². The highest BCUT2D eigenvalue weighted by molar-refractivity contribution is 5.46. The van der Waals surface area contributed by atoms with E-state index in [1.165, 1.54) is 6.33 Å². The van der Waals surface area contributed by atoms with E-state index in [-0.39, 0.29) is 11.9 Å². The lowest BCUT2D eigenvalue weighted by atomic mass is 10.1. The number of rotatable bonds is 3. The van der Waals surface area contributed by atoms with E-state index in [1.54, 1.807) is 23.6 Å². The van der Waals surface area contributed by atoms with Crippen LogP contribution in [0.15, 0.2) is 30.6 Å². The van der Waals surface area contributed by atoms with Gasteiger partial charge in [-0.1, -0.05) is 12.1 Å². The second kappa shape index (κ2) is 5.12. The fourth-order valence-electron chi connectivity index (χ4n) is 2.22. The molecule has 21 heavy (non-hydrogen) atoms. The van der Waals surface area contributed by atoms with Gasteiger partial charge in [-0.2, -0.15) is 14.6 Å². The molecule has 6 heteroatoms. The molecule has 0 saturated carbocycles. The van der Waals surface area contributed by atoms with Crippen molar-refractivity contribution in [3.63, 3.8) is 0 Å². The molecule has 1 atom stereocenters. The average Bonchev–Trinajstić information content (AvgIpc) is 2.90. The van der Waals surface area contributed by atoms with Crippen molar-refractivity contribution in [2.24, 2.45) is 0 Å². The maximum Gasteiger partial charge on any atom is 0.254 e. The number of hydrogen-bond acceptors (Lipinski definition) is 4. The summed E-state index contributed by atoms with van der Waals surface area (Å²) in [6.45, 7) is 5.63. The van der Waals surface area contributed by atoms with Crippen molar-refractivity contribution in [3.8, 4) is 0 Å². The van der Waals surface area contributed by atoms with E-state index in [0.717, 1.165) is 17.1 Å². The summed E-state index contributed by atoms with van der Waals surface area (Å²) in [5, 5.41) is 7.47. The number of halogens is 1. The largest absolute Gasteiger partial charge is 0.363 e. The Balaban J connectivity index is 1.94. The van der Waals surface area contributed by atoms with Crippen LogP contribution in [-0.4, -0.2) is 19.6 Å². The third-order valence-electron chi connectivity index (χ3n) is 3.44. The minimum absolute atomic E-state index is 0.0608. The molecule has 0 spiro atoms. The molecule has 3 aromatic rings. The Labute approximate surface area is 121 Å². The second-order valence-electron chi connectivity index (χ2n) is 5.13. The van der Waals surface area contributed by atoms with Crippen LogP contribution in [0.4, 0.5) is 10.2 Å². The maximum atomic E-state index is 13.7. The number of nitrogens with zero attached hydrogens (tertiary/aromatic N) is 4. The summed E-state index contributed by atoms with van der Waals surface area (Å²) < 4.78 is 15.3. The van der Waals surface area contributed by atoms with Crippen LogP contribution < -0.4 is 5.32 Å². The number of aromatic nitrogens is 4.